The van der Waals surface area contributed by atoms with Crippen molar-refractivity contribution in [2.24, 2.45) is 0 Å². The predicted molar refractivity (Wildman–Crippen MR) is 78.1 cm³/mol. The molecule has 0 aliphatic rings. The van der Waals surface area contributed by atoms with Crippen LogP contribution in [0.2, 0.25) is 0 Å². The minimum absolute atomic E-state index is 0.0454. The minimum atomic E-state index is -1.02. The van der Waals surface area contributed by atoms with E-state index in [0.717, 1.165) is 5.56 Å². The van der Waals surface area contributed by atoms with Gasteiger partial charge < -0.3 is 15.8 Å². The quantitative estimate of drug-likeness (QED) is 0.636. The van der Waals surface area contributed by atoms with Gasteiger partial charge in [-0.05, 0) is 37.5 Å². The fraction of sp³-hybridized carbons (Fsp3) is 0.467. The number of carbonyl (C=O) groups excluding carboxylic acids is 2. The van der Waals surface area contributed by atoms with Crippen molar-refractivity contribution in [2.45, 2.75) is 38.6 Å². The van der Waals surface area contributed by atoms with E-state index in [1.165, 1.54) is 7.11 Å². The van der Waals surface area contributed by atoms with Crippen molar-refractivity contribution in [3.05, 3.63) is 29.8 Å². The monoisotopic (exact) mass is 278 g/mol. The zero-order valence-corrected chi connectivity index (χ0v) is 12.4. The molecule has 110 valence electrons. The van der Waals surface area contributed by atoms with Gasteiger partial charge in [-0.25, -0.2) is 4.79 Å². The lowest BCUT2D eigenvalue weighted by Crippen LogP contribution is -2.50. The Morgan fingerprint density at radius 3 is 2.35 bits per heavy atom. The van der Waals surface area contributed by atoms with Crippen LogP contribution in [0.1, 0.15) is 38.7 Å². The van der Waals surface area contributed by atoms with Crippen molar-refractivity contribution in [1.29, 1.82) is 0 Å². The highest BCUT2D eigenvalue weighted by Crippen LogP contribution is 2.20. The number of nitrogens with two attached hydrogens (primary N) is 1. The Labute approximate surface area is 119 Å². The fourth-order valence-electron chi connectivity index (χ4n) is 1.93. The Morgan fingerprint density at radius 2 is 1.85 bits per heavy atom. The molecule has 0 radical (unpaired) electrons. The van der Waals surface area contributed by atoms with Gasteiger partial charge in [0, 0.05) is 12.1 Å². The number of methoxy groups -OCH3 is 1. The number of nitrogens with one attached hydrogen (secondary N) is 1. The van der Waals surface area contributed by atoms with E-state index in [1.807, 2.05) is 31.2 Å². The predicted octanol–water partition coefficient (Wildman–Crippen LogP) is 1.83. The average Bonchev–Trinajstić information content (AvgIpc) is 2.37. The van der Waals surface area contributed by atoms with Gasteiger partial charge >= 0.3 is 5.97 Å². The molecule has 5 heteroatoms. The van der Waals surface area contributed by atoms with Crippen LogP contribution in [0, 0.1) is 0 Å². The fourth-order valence-corrected chi connectivity index (χ4v) is 1.93. The molecule has 1 aromatic rings. The molecule has 5 nitrogen and oxygen atoms in total. The van der Waals surface area contributed by atoms with E-state index < -0.39 is 11.5 Å². The molecule has 3 N–H and O–H groups in total. The number of rotatable bonds is 5. The van der Waals surface area contributed by atoms with Gasteiger partial charge in [0.1, 0.15) is 5.54 Å². The minimum Gasteiger partial charge on any atom is -0.467 e. The van der Waals surface area contributed by atoms with Crippen molar-refractivity contribution < 1.29 is 14.3 Å². The number of carbonyl (C=O) groups is 2. The number of nitrogen functional groups attached to an aromatic ring is 1. The molecule has 0 bridgehead atoms. The number of anilines is 1. The van der Waals surface area contributed by atoms with E-state index in [4.69, 9.17) is 5.73 Å². The lowest BCUT2D eigenvalue weighted by atomic mass is 9.96. The number of benzene rings is 1. The molecule has 0 spiro atoms. The van der Waals surface area contributed by atoms with E-state index in [2.05, 4.69) is 10.1 Å². The maximum absolute atomic E-state index is 12.0. The zero-order chi connectivity index (χ0) is 15.3. The highest BCUT2D eigenvalue weighted by Gasteiger charge is 2.30. The van der Waals surface area contributed by atoms with Crippen LogP contribution in [0.15, 0.2) is 24.3 Å². The summed E-state index contributed by atoms with van der Waals surface area (Å²) in [6.45, 7) is 5.19. The smallest absolute Gasteiger partial charge is 0.330 e. The highest BCUT2D eigenvalue weighted by molar-refractivity contribution is 5.87. The number of hydrogen-bond donors (Lipinski definition) is 2. The first-order chi connectivity index (χ1) is 9.26. The number of hydrogen-bond acceptors (Lipinski definition) is 4. The van der Waals surface area contributed by atoms with Gasteiger partial charge in [0.15, 0.2) is 0 Å². The SMILES string of the molecule is COC(=O)C(C)(C)NC(=O)CC(C)c1ccc(N)cc1. The number of esters is 1. The third kappa shape index (κ3) is 4.26. The maximum Gasteiger partial charge on any atom is 0.330 e. The van der Waals surface area contributed by atoms with Gasteiger partial charge in [-0.1, -0.05) is 19.1 Å². The summed E-state index contributed by atoms with van der Waals surface area (Å²) in [6.07, 6.45) is 0.296. The standard InChI is InChI=1S/C15H22N2O3/c1-10(11-5-7-12(16)8-6-11)9-13(18)17-15(2,3)14(19)20-4/h5-8,10H,9,16H2,1-4H3,(H,17,18). The molecule has 0 heterocycles. The van der Waals surface area contributed by atoms with Crippen LogP contribution in [0.5, 0.6) is 0 Å². The van der Waals surface area contributed by atoms with Crippen LogP contribution in [0.25, 0.3) is 0 Å². The maximum atomic E-state index is 12.0. The summed E-state index contributed by atoms with van der Waals surface area (Å²) >= 11 is 0. The van der Waals surface area contributed by atoms with Gasteiger partial charge in [-0.3, -0.25) is 4.79 Å². The average molecular weight is 278 g/mol. The number of amides is 1. The topological polar surface area (TPSA) is 81.4 Å². The first kappa shape index (κ1) is 16.0. The third-order valence-electron chi connectivity index (χ3n) is 3.14. The molecular weight excluding hydrogens is 256 g/mol. The second-order valence-electron chi connectivity index (χ2n) is 5.44. The lowest BCUT2D eigenvalue weighted by molar-refractivity contribution is -0.149. The van der Waals surface area contributed by atoms with Gasteiger partial charge in [0.25, 0.3) is 0 Å². The lowest BCUT2D eigenvalue weighted by Gasteiger charge is -2.24. The summed E-state index contributed by atoms with van der Waals surface area (Å²) in [5, 5.41) is 2.68. The van der Waals surface area contributed by atoms with E-state index in [9.17, 15) is 9.59 Å². The summed E-state index contributed by atoms with van der Waals surface area (Å²) < 4.78 is 4.65. The van der Waals surface area contributed by atoms with Crippen LogP contribution in [-0.2, 0) is 14.3 Å². The van der Waals surface area contributed by atoms with Crippen LogP contribution in [0.3, 0.4) is 0 Å². The summed E-state index contributed by atoms with van der Waals surface area (Å²) in [5.41, 5.74) is 6.33. The van der Waals surface area contributed by atoms with Crippen molar-refractivity contribution >= 4 is 17.6 Å². The Morgan fingerprint density at radius 1 is 1.30 bits per heavy atom. The van der Waals surface area contributed by atoms with Crippen LogP contribution >= 0.6 is 0 Å². The molecule has 0 aromatic heterocycles. The van der Waals surface area contributed by atoms with E-state index >= 15 is 0 Å². The third-order valence-corrected chi connectivity index (χ3v) is 3.14. The van der Waals surface area contributed by atoms with Crippen LogP contribution in [0.4, 0.5) is 5.69 Å². The van der Waals surface area contributed by atoms with Gasteiger partial charge in [0.2, 0.25) is 5.91 Å². The molecule has 1 unspecified atom stereocenters. The normalized spacial score (nSPS) is 12.6. The van der Waals surface area contributed by atoms with Gasteiger partial charge in [0.05, 0.1) is 7.11 Å². The molecule has 1 amide bonds. The first-order valence-corrected chi connectivity index (χ1v) is 6.51. The second-order valence-corrected chi connectivity index (χ2v) is 5.44. The van der Waals surface area contributed by atoms with E-state index in [0.29, 0.717) is 12.1 Å². The summed E-state index contributed by atoms with van der Waals surface area (Å²) in [5.74, 6) is -0.611. The summed E-state index contributed by atoms with van der Waals surface area (Å²) in [6, 6.07) is 7.42. The molecule has 0 aliphatic carbocycles. The van der Waals surface area contributed by atoms with E-state index in [-0.39, 0.29) is 11.8 Å². The Kier molecular flexibility index (Phi) is 5.13. The highest BCUT2D eigenvalue weighted by atomic mass is 16.5. The second kappa shape index (κ2) is 6.41. The Bertz CT molecular complexity index is 480. The largest absolute Gasteiger partial charge is 0.467 e. The molecular formula is C15H22N2O3. The molecule has 0 saturated heterocycles. The molecule has 1 atom stereocenters. The van der Waals surface area contributed by atoms with Crippen molar-refractivity contribution in [1.82, 2.24) is 5.32 Å². The van der Waals surface area contributed by atoms with Crippen molar-refractivity contribution in [3.63, 3.8) is 0 Å². The van der Waals surface area contributed by atoms with Gasteiger partial charge in [-0.15, -0.1) is 0 Å². The van der Waals surface area contributed by atoms with Crippen LogP contribution < -0.4 is 11.1 Å². The Balaban J connectivity index is 2.62. The summed E-state index contributed by atoms with van der Waals surface area (Å²) in [4.78, 5) is 23.5. The summed E-state index contributed by atoms with van der Waals surface area (Å²) in [7, 11) is 1.30. The zero-order valence-electron chi connectivity index (χ0n) is 12.4. The molecule has 20 heavy (non-hydrogen) atoms. The van der Waals surface area contributed by atoms with Gasteiger partial charge in [-0.2, -0.15) is 0 Å². The first-order valence-electron chi connectivity index (χ1n) is 6.51. The Hall–Kier alpha value is -2.04. The van der Waals surface area contributed by atoms with Crippen molar-refractivity contribution in [3.8, 4) is 0 Å². The molecule has 0 aliphatic heterocycles. The van der Waals surface area contributed by atoms with Crippen LogP contribution in [-0.4, -0.2) is 24.5 Å². The molecule has 1 rings (SSSR count). The molecule has 1 aromatic carbocycles. The van der Waals surface area contributed by atoms with E-state index in [1.54, 1.807) is 13.8 Å². The molecule has 0 fully saturated rings. The number of ether oxygens (including phenoxy) is 1. The van der Waals surface area contributed by atoms with Crippen molar-refractivity contribution in [2.75, 3.05) is 12.8 Å². The molecule has 0 saturated carbocycles.